The van der Waals surface area contributed by atoms with E-state index in [1.807, 2.05) is 30.9 Å². The largest absolute Gasteiger partial charge is 0.372 e. The van der Waals surface area contributed by atoms with E-state index >= 15 is 0 Å². The molecular weight excluding hydrogens is 346 g/mol. The number of rotatable bonds is 7. The fourth-order valence-electron chi connectivity index (χ4n) is 3.50. The summed E-state index contributed by atoms with van der Waals surface area (Å²) in [4.78, 5) is 19.4. The molecule has 1 saturated heterocycles. The van der Waals surface area contributed by atoms with Gasteiger partial charge in [-0.3, -0.25) is 4.79 Å². The van der Waals surface area contributed by atoms with E-state index in [4.69, 9.17) is 9.72 Å². The highest BCUT2D eigenvalue weighted by Crippen LogP contribution is 2.25. The number of morpholine rings is 1. The zero-order chi connectivity index (χ0) is 18.5. The van der Waals surface area contributed by atoms with Crippen molar-refractivity contribution in [3.63, 3.8) is 0 Å². The van der Waals surface area contributed by atoms with Crippen molar-refractivity contribution in [1.29, 1.82) is 0 Å². The first-order valence-electron chi connectivity index (χ1n) is 9.59. The van der Waals surface area contributed by atoms with Crippen LogP contribution in [0.5, 0.6) is 0 Å². The van der Waals surface area contributed by atoms with E-state index in [0.717, 1.165) is 29.2 Å². The molecule has 0 bridgehead atoms. The van der Waals surface area contributed by atoms with Crippen molar-refractivity contribution in [1.82, 2.24) is 14.5 Å². The van der Waals surface area contributed by atoms with Crippen LogP contribution in [0.3, 0.4) is 0 Å². The van der Waals surface area contributed by atoms with E-state index in [1.54, 1.807) is 11.8 Å². The lowest BCUT2D eigenvalue weighted by atomic mass is 10.2. The smallest absolute Gasteiger partial charge is 0.233 e. The number of carbonyl (C=O) groups excluding carboxylic acids is 1. The maximum Gasteiger partial charge on any atom is 0.233 e. The fourth-order valence-corrected chi connectivity index (χ4v) is 4.44. The maximum atomic E-state index is 12.7. The standard InChI is InChI=1S/C20H29N3O2S/c1-4-5-8-11-23-18-10-7-6-9-17(18)21-20(23)26-14-19(24)22-12-15(2)25-16(3)13-22/h6-7,9-10,15-16H,4-5,8,11-14H2,1-3H3/t15-,16-/m1/s1. The summed E-state index contributed by atoms with van der Waals surface area (Å²) in [5, 5.41) is 0.949. The zero-order valence-corrected chi connectivity index (χ0v) is 16.8. The molecule has 0 saturated carbocycles. The number of unbranched alkanes of at least 4 members (excludes halogenated alkanes) is 2. The molecule has 142 valence electrons. The van der Waals surface area contributed by atoms with Crippen molar-refractivity contribution in [2.45, 2.75) is 63.9 Å². The third-order valence-corrected chi connectivity index (χ3v) is 5.66. The molecule has 1 aromatic carbocycles. The summed E-state index contributed by atoms with van der Waals surface area (Å²) in [5.41, 5.74) is 2.17. The van der Waals surface area contributed by atoms with Gasteiger partial charge >= 0.3 is 0 Å². The average Bonchev–Trinajstić information content (AvgIpc) is 2.97. The van der Waals surface area contributed by atoms with Gasteiger partial charge in [-0.15, -0.1) is 0 Å². The van der Waals surface area contributed by atoms with Crippen LogP contribution in [0.2, 0.25) is 0 Å². The number of imidazole rings is 1. The van der Waals surface area contributed by atoms with Gasteiger partial charge in [-0.25, -0.2) is 4.98 Å². The molecule has 26 heavy (non-hydrogen) atoms. The number of carbonyl (C=O) groups is 1. The number of hydrogen-bond acceptors (Lipinski definition) is 4. The zero-order valence-electron chi connectivity index (χ0n) is 16.0. The molecule has 0 spiro atoms. The summed E-state index contributed by atoms with van der Waals surface area (Å²) < 4.78 is 8.00. The number of thioether (sulfide) groups is 1. The first-order valence-corrected chi connectivity index (χ1v) is 10.6. The molecule has 1 aromatic heterocycles. The van der Waals surface area contributed by atoms with E-state index in [1.165, 1.54) is 12.8 Å². The second-order valence-electron chi connectivity index (χ2n) is 7.09. The highest BCUT2D eigenvalue weighted by atomic mass is 32.2. The van der Waals surface area contributed by atoms with Gasteiger partial charge in [-0.05, 0) is 32.4 Å². The Balaban J connectivity index is 1.69. The van der Waals surface area contributed by atoms with Crippen LogP contribution in [-0.2, 0) is 16.1 Å². The summed E-state index contributed by atoms with van der Waals surface area (Å²) in [6.07, 6.45) is 3.74. The molecule has 1 fully saturated rings. The van der Waals surface area contributed by atoms with Crippen molar-refractivity contribution >= 4 is 28.7 Å². The lowest BCUT2D eigenvalue weighted by Crippen LogP contribution is -2.48. The van der Waals surface area contributed by atoms with Gasteiger partial charge < -0.3 is 14.2 Å². The third-order valence-electron chi connectivity index (χ3n) is 4.70. The molecule has 1 aliphatic rings. The molecule has 0 unspecified atom stereocenters. The molecule has 1 aliphatic heterocycles. The molecular formula is C20H29N3O2S. The van der Waals surface area contributed by atoms with E-state index in [0.29, 0.717) is 18.8 Å². The Kier molecular flexibility index (Phi) is 6.59. The number of aryl methyl sites for hydroxylation is 1. The predicted molar refractivity (Wildman–Crippen MR) is 107 cm³/mol. The lowest BCUT2D eigenvalue weighted by Gasteiger charge is -2.35. The van der Waals surface area contributed by atoms with Crippen molar-refractivity contribution in [2.75, 3.05) is 18.8 Å². The quantitative estimate of drug-likeness (QED) is 0.543. The molecule has 5 nitrogen and oxygen atoms in total. The van der Waals surface area contributed by atoms with Gasteiger partial charge in [0.25, 0.3) is 0 Å². The van der Waals surface area contributed by atoms with Gasteiger partial charge in [0, 0.05) is 19.6 Å². The van der Waals surface area contributed by atoms with Crippen LogP contribution < -0.4 is 0 Å². The van der Waals surface area contributed by atoms with Crippen molar-refractivity contribution in [3.8, 4) is 0 Å². The normalized spacial score (nSPS) is 20.7. The van der Waals surface area contributed by atoms with Crippen LogP contribution in [0.4, 0.5) is 0 Å². The van der Waals surface area contributed by atoms with Crippen LogP contribution in [0, 0.1) is 0 Å². The second kappa shape index (κ2) is 8.91. The van der Waals surface area contributed by atoms with Crippen molar-refractivity contribution < 1.29 is 9.53 Å². The van der Waals surface area contributed by atoms with Crippen LogP contribution in [0.1, 0.15) is 40.0 Å². The first-order chi connectivity index (χ1) is 12.6. The van der Waals surface area contributed by atoms with Crippen LogP contribution in [-0.4, -0.2) is 51.4 Å². The monoisotopic (exact) mass is 375 g/mol. The second-order valence-corrected chi connectivity index (χ2v) is 8.03. The minimum Gasteiger partial charge on any atom is -0.372 e. The molecule has 0 aliphatic carbocycles. The summed E-state index contributed by atoms with van der Waals surface area (Å²) in [7, 11) is 0. The van der Waals surface area contributed by atoms with Crippen LogP contribution in [0.15, 0.2) is 29.4 Å². The SMILES string of the molecule is CCCCCn1c(SCC(=O)N2C[C@@H](C)O[C@H](C)C2)nc2ccccc21. The number of hydrogen-bond donors (Lipinski definition) is 0. The minimum atomic E-state index is 0.103. The fraction of sp³-hybridized carbons (Fsp3) is 0.600. The number of amides is 1. The Bertz CT molecular complexity index is 736. The highest BCUT2D eigenvalue weighted by Gasteiger charge is 2.26. The van der Waals surface area contributed by atoms with Gasteiger partial charge in [0.2, 0.25) is 5.91 Å². The Morgan fingerprint density at radius 1 is 1.23 bits per heavy atom. The molecule has 2 aromatic rings. The van der Waals surface area contributed by atoms with Crippen LogP contribution >= 0.6 is 11.8 Å². The molecule has 3 rings (SSSR count). The number of aromatic nitrogens is 2. The number of nitrogens with zero attached hydrogens (tertiary/aromatic N) is 3. The summed E-state index contributed by atoms with van der Waals surface area (Å²) in [6, 6.07) is 8.23. The van der Waals surface area contributed by atoms with Gasteiger partial charge in [-0.1, -0.05) is 43.7 Å². The molecule has 0 N–H and O–H groups in total. The summed E-state index contributed by atoms with van der Waals surface area (Å²) in [5.74, 6) is 0.598. The molecule has 0 radical (unpaired) electrons. The molecule has 2 heterocycles. The number of fused-ring (bicyclic) bond motifs is 1. The first kappa shape index (κ1) is 19.2. The van der Waals surface area contributed by atoms with E-state index in [9.17, 15) is 4.79 Å². The third kappa shape index (κ3) is 4.60. The predicted octanol–water partition coefficient (Wildman–Crippen LogP) is 3.95. The van der Waals surface area contributed by atoms with Gasteiger partial charge in [0.05, 0.1) is 29.0 Å². The van der Waals surface area contributed by atoms with Crippen LogP contribution in [0.25, 0.3) is 11.0 Å². The average molecular weight is 376 g/mol. The molecule has 1 amide bonds. The van der Waals surface area contributed by atoms with E-state index in [-0.39, 0.29) is 18.1 Å². The van der Waals surface area contributed by atoms with Gasteiger partial charge in [0.1, 0.15) is 0 Å². The number of benzene rings is 1. The topological polar surface area (TPSA) is 47.4 Å². The summed E-state index contributed by atoms with van der Waals surface area (Å²) >= 11 is 1.55. The maximum absolute atomic E-state index is 12.7. The number of ether oxygens (including phenoxy) is 1. The summed E-state index contributed by atoms with van der Waals surface area (Å²) in [6.45, 7) is 8.57. The lowest BCUT2D eigenvalue weighted by molar-refractivity contribution is -0.140. The Hall–Kier alpha value is -1.53. The van der Waals surface area contributed by atoms with E-state index < -0.39 is 0 Å². The Morgan fingerprint density at radius 2 is 1.96 bits per heavy atom. The highest BCUT2D eigenvalue weighted by molar-refractivity contribution is 7.99. The molecule has 6 heteroatoms. The van der Waals surface area contributed by atoms with Crippen molar-refractivity contribution in [3.05, 3.63) is 24.3 Å². The Labute approximate surface area is 160 Å². The Morgan fingerprint density at radius 3 is 2.69 bits per heavy atom. The van der Waals surface area contributed by atoms with Gasteiger partial charge in [-0.2, -0.15) is 0 Å². The molecule has 2 atom stereocenters. The van der Waals surface area contributed by atoms with Gasteiger partial charge in [0.15, 0.2) is 5.16 Å². The van der Waals surface area contributed by atoms with E-state index in [2.05, 4.69) is 23.6 Å². The minimum absolute atomic E-state index is 0.103. The van der Waals surface area contributed by atoms with Crippen molar-refractivity contribution in [2.24, 2.45) is 0 Å². The number of para-hydroxylation sites is 2.